The number of benzene rings is 1. The molecule has 11 heteroatoms. The number of carbonyl (C=O) groups excluding carboxylic acids is 1. The number of halogens is 2. The number of rotatable bonds is 4. The Kier molecular flexibility index (Phi) is 6.39. The number of fused-ring (bicyclic) bond motifs is 2. The summed E-state index contributed by atoms with van der Waals surface area (Å²) in [5.41, 5.74) is 1.41. The van der Waals surface area contributed by atoms with Crippen molar-refractivity contribution in [1.29, 1.82) is 0 Å². The molecule has 4 heterocycles. The van der Waals surface area contributed by atoms with E-state index in [1.54, 1.807) is 40.8 Å². The summed E-state index contributed by atoms with van der Waals surface area (Å²) in [7, 11) is 3.66. The summed E-state index contributed by atoms with van der Waals surface area (Å²) in [6.07, 6.45) is 6.37. The highest BCUT2D eigenvalue weighted by Gasteiger charge is 2.36. The lowest BCUT2D eigenvalue weighted by molar-refractivity contribution is 0.0779. The van der Waals surface area contributed by atoms with Gasteiger partial charge in [0.25, 0.3) is 11.5 Å². The topological polar surface area (TPSA) is 87.5 Å². The number of allylic oxidation sites excluding steroid dienone is 2. The van der Waals surface area contributed by atoms with Crippen molar-refractivity contribution < 1.29 is 9.18 Å². The fourth-order valence-electron chi connectivity index (χ4n) is 5.97. The van der Waals surface area contributed by atoms with Crippen LogP contribution in [0.1, 0.15) is 59.6 Å². The first-order valence-electron chi connectivity index (χ1n) is 12.9. The van der Waals surface area contributed by atoms with Gasteiger partial charge < -0.3 is 9.80 Å². The van der Waals surface area contributed by atoms with Crippen LogP contribution in [0.2, 0.25) is 5.02 Å². The Bertz CT molecular complexity index is 1510. The van der Waals surface area contributed by atoms with Gasteiger partial charge in [0, 0.05) is 27.1 Å². The number of carbonyl (C=O) groups is 1. The van der Waals surface area contributed by atoms with E-state index >= 15 is 0 Å². The number of anilines is 1. The highest BCUT2D eigenvalue weighted by atomic mass is 35.5. The normalized spacial score (nSPS) is 23.9. The number of nitrogens with zero attached hydrogens (tertiary/aromatic N) is 7. The third-order valence-corrected chi connectivity index (χ3v) is 8.07. The zero-order chi connectivity index (χ0) is 26.6. The van der Waals surface area contributed by atoms with Gasteiger partial charge in [0.05, 0.1) is 40.4 Å². The van der Waals surface area contributed by atoms with Gasteiger partial charge in [0.1, 0.15) is 29.7 Å². The molecule has 3 unspecified atom stereocenters. The van der Waals surface area contributed by atoms with E-state index in [0.717, 1.165) is 19.4 Å². The van der Waals surface area contributed by atoms with Crippen LogP contribution in [0.25, 0.3) is 10.9 Å². The minimum Gasteiger partial charge on any atom is -0.341 e. The number of amides is 1. The second-order valence-electron chi connectivity index (χ2n) is 10.3. The van der Waals surface area contributed by atoms with Gasteiger partial charge in [-0.25, -0.2) is 19.3 Å². The van der Waals surface area contributed by atoms with Crippen molar-refractivity contribution in [2.24, 2.45) is 0 Å². The first-order valence-corrected chi connectivity index (χ1v) is 13.3. The summed E-state index contributed by atoms with van der Waals surface area (Å²) < 4.78 is 16.1. The van der Waals surface area contributed by atoms with Crippen LogP contribution < -0.4 is 10.5 Å². The van der Waals surface area contributed by atoms with E-state index in [9.17, 15) is 14.0 Å². The highest BCUT2D eigenvalue weighted by Crippen LogP contribution is 2.37. The number of hydrogen-bond acceptors (Lipinski definition) is 7. The Hall–Kier alpha value is -3.37. The van der Waals surface area contributed by atoms with Gasteiger partial charge in [0.15, 0.2) is 0 Å². The van der Waals surface area contributed by atoms with Crippen LogP contribution in [0.15, 0.2) is 41.5 Å². The van der Waals surface area contributed by atoms with Crippen LogP contribution >= 0.6 is 11.6 Å². The van der Waals surface area contributed by atoms with Crippen molar-refractivity contribution in [3.05, 3.63) is 69.1 Å². The third kappa shape index (κ3) is 4.16. The van der Waals surface area contributed by atoms with Crippen LogP contribution in [0, 0.1) is 0 Å². The molecule has 6 rings (SSSR count). The molecular weight excluding hydrogens is 509 g/mol. The van der Waals surface area contributed by atoms with Crippen molar-refractivity contribution in [1.82, 2.24) is 29.3 Å². The molecule has 0 spiro atoms. The molecule has 1 amide bonds. The molecule has 38 heavy (non-hydrogen) atoms. The molecule has 3 atom stereocenters. The quantitative estimate of drug-likeness (QED) is 0.467. The molecule has 3 aromatic rings. The predicted molar refractivity (Wildman–Crippen MR) is 143 cm³/mol. The van der Waals surface area contributed by atoms with Gasteiger partial charge in [-0.3, -0.25) is 19.1 Å². The lowest BCUT2D eigenvalue weighted by Crippen LogP contribution is -2.44. The summed E-state index contributed by atoms with van der Waals surface area (Å²) >= 11 is 6.44. The highest BCUT2D eigenvalue weighted by molar-refractivity contribution is 6.35. The number of likely N-dealkylation sites (tertiary alicyclic amines) is 1. The Morgan fingerprint density at radius 3 is 2.82 bits per heavy atom. The van der Waals surface area contributed by atoms with Crippen molar-refractivity contribution in [2.75, 3.05) is 32.2 Å². The fourth-order valence-corrected chi connectivity index (χ4v) is 6.22. The first kappa shape index (κ1) is 24.9. The van der Waals surface area contributed by atoms with E-state index in [4.69, 9.17) is 16.6 Å². The zero-order valence-corrected chi connectivity index (χ0v) is 22.1. The summed E-state index contributed by atoms with van der Waals surface area (Å²) in [4.78, 5) is 46.6. The Morgan fingerprint density at radius 2 is 2.00 bits per heavy atom. The van der Waals surface area contributed by atoms with E-state index in [1.807, 2.05) is 18.0 Å². The maximum absolute atomic E-state index is 14.5. The molecule has 1 fully saturated rings. The van der Waals surface area contributed by atoms with Crippen molar-refractivity contribution in [2.45, 2.75) is 50.5 Å². The van der Waals surface area contributed by atoms with Crippen LogP contribution in [0.4, 0.5) is 10.2 Å². The first-order chi connectivity index (χ1) is 18.3. The van der Waals surface area contributed by atoms with E-state index in [1.165, 1.54) is 6.33 Å². The molecule has 0 radical (unpaired) electrons. The summed E-state index contributed by atoms with van der Waals surface area (Å²) in [6.45, 7) is 1.60. The Labute approximate surface area is 224 Å². The van der Waals surface area contributed by atoms with E-state index < -0.39 is 12.2 Å². The summed E-state index contributed by atoms with van der Waals surface area (Å²) in [6, 6.07) is 4.58. The van der Waals surface area contributed by atoms with Gasteiger partial charge in [0.2, 0.25) is 0 Å². The predicted octanol–water partition coefficient (Wildman–Crippen LogP) is 3.89. The number of alkyl halides is 1. The van der Waals surface area contributed by atoms with Gasteiger partial charge >= 0.3 is 0 Å². The van der Waals surface area contributed by atoms with E-state index in [2.05, 4.69) is 14.9 Å². The molecule has 9 nitrogen and oxygen atoms in total. The largest absolute Gasteiger partial charge is 0.341 e. The Balaban J connectivity index is 1.45. The monoisotopic (exact) mass is 537 g/mol. The van der Waals surface area contributed by atoms with Crippen LogP contribution in [-0.2, 0) is 6.54 Å². The van der Waals surface area contributed by atoms with Crippen molar-refractivity contribution in [3.63, 3.8) is 0 Å². The smallest absolute Gasteiger partial charge is 0.263 e. The molecule has 198 valence electrons. The number of hydrogen-bond donors (Lipinski definition) is 0. The van der Waals surface area contributed by atoms with Crippen molar-refractivity contribution in [3.8, 4) is 0 Å². The zero-order valence-electron chi connectivity index (χ0n) is 21.3. The maximum atomic E-state index is 14.5. The Morgan fingerprint density at radius 1 is 1.16 bits per heavy atom. The molecule has 0 N–H and O–H groups in total. The fraction of sp³-hybridized carbons (Fsp3) is 0.444. The lowest BCUT2D eigenvalue weighted by atomic mass is 9.99. The molecule has 1 aliphatic carbocycles. The minimum absolute atomic E-state index is 0.110. The van der Waals surface area contributed by atoms with Gasteiger partial charge in [-0.1, -0.05) is 29.8 Å². The standard InChI is InChI=1S/C27H29ClFN7O2/c1-33-15-34(2)26(37)23-20(30-14-31-25(23)33)13-35-11-5-10-21(35)24-32-19-9-4-8-18(28)22(19)27(38)36(24)17-7-3-6-16(29)12-17/h3-4,7-9,14,16-17,21H,5-6,10-13,15H2,1-2H3. The van der Waals surface area contributed by atoms with Crippen LogP contribution in [0.3, 0.4) is 0 Å². The third-order valence-electron chi connectivity index (χ3n) is 7.75. The van der Waals surface area contributed by atoms with Gasteiger partial charge in [-0.05, 0) is 37.9 Å². The maximum Gasteiger partial charge on any atom is 0.263 e. The summed E-state index contributed by atoms with van der Waals surface area (Å²) in [5, 5.41) is 0.679. The summed E-state index contributed by atoms with van der Waals surface area (Å²) in [5.74, 6) is 1.10. The molecule has 0 saturated carbocycles. The van der Waals surface area contributed by atoms with Crippen LogP contribution in [-0.4, -0.2) is 68.7 Å². The van der Waals surface area contributed by atoms with E-state index in [-0.39, 0.29) is 23.9 Å². The average molecular weight is 538 g/mol. The number of aromatic nitrogens is 4. The van der Waals surface area contributed by atoms with Crippen molar-refractivity contribution >= 4 is 34.2 Å². The lowest BCUT2D eigenvalue weighted by Gasteiger charge is -2.34. The van der Waals surface area contributed by atoms with Crippen LogP contribution in [0.5, 0.6) is 0 Å². The molecule has 2 aromatic heterocycles. The van der Waals surface area contributed by atoms with E-state index in [0.29, 0.717) is 58.5 Å². The van der Waals surface area contributed by atoms with Gasteiger partial charge in [-0.2, -0.15) is 0 Å². The average Bonchev–Trinajstić information content (AvgIpc) is 3.35. The SMILES string of the molecule is CN1CN(C)c2ncnc(CN3CCCC3c3nc4cccc(Cl)c4c(=O)n3C3C=CCC(F)C3)c2C1=O. The molecule has 1 saturated heterocycles. The second-order valence-corrected chi connectivity index (χ2v) is 10.7. The minimum atomic E-state index is -1.03. The molecule has 3 aliphatic rings. The molecular formula is C27H29ClFN7O2. The molecule has 1 aromatic carbocycles. The second kappa shape index (κ2) is 9.74. The molecule has 2 aliphatic heterocycles. The van der Waals surface area contributed by atoms with Gasteiger partial charge in [-0.15, -0.1) is 0 Å². The molecule has 0 bridgehead atoms.